The van der Waals surface area contributed by atoms with E-state index >= 15 is 0 Å². The van der Waals surface area contributed by atoms with Crippen LogP contribution in [0.25, 0.3) is 5.69 Å². The van der Waals surface area contributed by atoms with Crippen LogP contribution in [0.4, 0.5) is 13.2 Å². The van der Waals surface area contributed by atoms with Gasteiger partial charge in [0.1, 0.15) is 5.75 Å². The Morgan fingerprint density at radius 3 is 2.33 bits per heavy atom. The fourth-order valence-corrected chi connectivity index (χ4v) is 1.99. The number of alkyl halides is 3. The normalized spacial score (nSPS) is 11.6. The molecule has 0 aliphatic carbocycles. The quantitative estimate of drug-likeness (QED) is 0.844. The highest BCUT2D eigenvalue weighted by Crippen LogP contribution is 2.36. The molecule has 0 fully saturated rings. The topological polar surface area (TPSA) is 27.1 Å². The average Bonchev–Trinajstić information content (AvgIpc) is 2.71. The summed E-state index contributed by atoms with van der Waals surface area (Å²) in [6.45, 7) is 0. The van der Waals surface area contributed by atoms with Gasteiger partial charge in [0.25, 0.3) is 0 Å². The van der Waals surface area contributed by atoms with Gasteiger partial charge in [-0.1, -0.05) is 0 Å². The van der Waals surface area contributed by atoms with Gasteiger partial charge in [0.2, 0.25) is 0 Å². The third-order valence-electron chi connectivity index (χ3n) is 2.31. The fourth-order valence-electron chi connectivity index (χ4n) is 1.50. The van der Waals surface area contributed by atoms with E-state index in [1.807, 2.05) is 0 Å². The van der Waals surface area contributed by atoms with E-state index in [4.69, 9.17) is 4.74 Å². The van der Waals surface area contributed by atoms with Crippen molar-refractivity contribution < 1.29 is 17.9 Å². The van der Waals surface area contributed by atoms with E-state index in [0.717, 1.165) is 10.9 Å². The zero-order valence-corrected chi connectivity index (χ0v) is 10.8. The molecule has 1 aromatic carbocycles. The van der Waals surface area contributed by atoms with Gasteiger partial charge in [0, 0.05) is 0 Å². The van der Waals surface area contributed by atoms with Crippen molar-refractivity contribution >= 4 is 15.9 Å². The predicted molar refractivity (Wildman–Crippen MR) is 62.8 cm³/mol. The monoisotopic (exact) mass is 320 g/mol. The van der Waals surface area contributed by atoms with Gasteiger partial charge in [-0.15, -0.1) is 0 Å². The lowest BCUT2D eigenvalue weighted by Crippen LogP contribution is -2.13. The minimum Gasteiger partial charge on any atom is -0.497 e. The van der Waals surface area contributed by atoms with Crippen LogP contribution in [0.3, 0.4) is 0 Å². The number of ether oxygens (including phenoxy) is 1. The molecule has 2 rings (SSSR count). The Morgan fingerprint density at radius 2 is 1.83 bits per heavy atom. The molecule has 3 nitrogen and oxygen atoms in total. The minimum absolute atomic E-state index is 0.0918. The molecule has 18 heavy (non-hydrogen) atoms. The third-order valence-corrected chi connectivity index (χ3v) is 2.89. The van der Waals surface area contributed by atoms with Crippen LogP contribution in [-0.4, -0.2) is 16.9 Å². The molecule has 0 saturated heterocycles. The molecule has 0 aliphatic heterocycles. The number of halogens is 4. The maximum absolute atomic E-state index is 12.9. The van der Waals surface area contributed by atoms with E-state index in [1.165, 1.54) is 19.2 Å². The highest BCUT2D eigenvalue weighted by molar-refractivity contribution is 9.10. The molecule has 0 N–H and O–H groups in total. The Balaban J connectivity index is 2.51. The molecule has 0 unspecified atom stereocenters. The first kappa shape index (κ1) is 12.9. The van der Waals surface area contributed by atoms with Crippen molar-refractivity contribution in [3.63, 3.8) is 0 Å². The summed E-state index contributed by atoms with van der Waals surface area (Å²) in [6.07, 6.45) is -3.36. The second-order valence-corrected chi connectivity index (χ2v) is 4.30. The largest absolute Gasteiger partial charge is 0.497 e. The molecule has 0 amide bonds. The predicted octanol–water partition coefficient (Wildman–Crippen LogP) is 3.66. The summed E-state index contributed by atoms with van der Waals surface area (Å²) in [7, 11) is 1.49. The minimum atomic E-state index is -4.48. The Morgan fingerprint density at radius 1 is 1.22 bits per heavy atom. The molecule has 1 heterocycles. The molecule has 96 valence electrons. The van der Waals surface area contributed by atoms with Gasteiger partial charge in [-0.25, -0.2) is 4.68 Å². The molecular formula is C11H8BrF3N2O. The zero-order valence-electron chi connectivity index (χ0n) is 9.20. The van der Waals surface area contributed by atoms with Gasteiger partial charge in [0.15, 0.2) is 5.69 Å². The lowest BCUT2D eigenvalue weighted by molar-refractivity contribution is -0.143. The number of hydrogen-bond acceptors (Lipinski definition) is 2. The van der Waals surface area contributed by atoms with Crippen molar-refractivity contribution in [2.24, 2.45) is 0 Å². The molecule has 2 aromatic rings. The van der Waals surface area contributed by atoms with Gasteiger partial charge >= 0.3 is 6.18 Å². The maximum Gasteiger partial charge on any atom is 0.434 e. The van der Waals surface area contributed by atoms with Crippen molar-refractivity contribution in [3.05, 3.63) is 40.6 Å². The standard InChI is InChI=1S/C11H8BrF3N2O/c1-18-8-4-2-7(3-5-8)17-10(11(13,14)15)9(12)6-16-17/h2-6H,1H3. The number of hydrogen-bond donors (Lipinski definition) is 0. The van der Waals surface area contributed by atoms with Crippen molar-refractivity contribution in [3.8, 4) is 11.4 Å². The number of rotatable bonds is 2. The Labute approximate surface area is 109 Å². The summed E-state index contributed by atoms with van der Waals surface area (Å²) in [5.74, 6) is 0.568. The van der Waals surface area contributed by atoms with Crippen LogP contribution in [0.5, 0.6) is 5.75 Å². The van der Waals surface area contributed by atoms with E-state index < -0.39 is 11.9 Å². The van der Waals surface area contributed by atoms with E-state index in [0.29, 0.717) is 11.4 Å². The smallest absolute Gasteiger partial charge is 0.434 e. The lowest BCUT2D eigenvalue weighted by Gasteiger charge is -2.11. The number of aromatic nitrogens is 2. The van der Waals surface area contributed by atoms with Crippen molar-refractivity contribution in [1.29, 1.82) is 0 Å². The first-order valence-corrected chi connectivity index (χ1v) is 5.68. The molecule has 0 radical (unpaired) electrons. The fraction of sp³-hybridized carbons (Fsp3) is 0.182. The molecule has 0 bridgehead atoms. The van der Waals surface area contributed by atoms with Crippen LogP contribution in [-0.2, 0) is 6.18 Å². The summed E-state index contributed by atoms with van der Waals surface area (Å²) >= 11 is 2.85. The van der Waals surface area contributed by atoms with E-state index in [-0.39, 0.29) is 4.47 Å². The van der Waals surface area contributed by atoms with Gasteiger partial charge in [-0.2, -0.15) is 18.3 Å². The molecule has 0 atom stereocenters. The van der Waals surface area contributed by atoms with Crippen LogP contribution in [0.2, 0.25) is 0 Å². The van der Waals surface area contributed by atoms with E-state index in [2.05, 4.69) is 21.0 Å². The summed E-state index contributed by atoms with van der Waals surface area (Å²) in [5.41, 5.74) is -0.526. The summed E-state index contributed by atoms with van der Waals surface area (Å²) < 4.78 is 44.3. The van der Waals surface area contributed by atoms with E-state index in [1.54, 1.807) is 12.1 Å². The molecule has 0 spiro atoms. The second-order valence-electron chi connectivity index (χ2n) is 3.45. The SMILES string of the molecule is COc1ccc(-n2ncc(Br)c2C(F)(F)F)cc1. The third kappa shape index (κ3) is 2.35. The van der Waals surface area contributed by atoms with Gasteiger partial charge in [-0.05, 0) is 40.2 Å². The summed E-state index contributed by atoms with van der Waals surface area (Å²) in [4.78, 5) is 0. The van der Waals surface area contributed by atoms with Crippen LogP contribution < -0.4 is 4.74 Å². The maximum atomic E-state index is 12.9. The average molecular weight is 321 g/mol. The van der Waals surface area contributed by atoms with Crippen molar-refractivity contribution in [2.45, 2.75) is 6.18 Å². The molecule has 7 heteroatoms. The number of nitrogens with zero attached hydrogens (tertiary/aromatic N) is 2. The number of methoxy groups -OCH3 is 1. The summed E-state index contributed by atoms with van der Waals surface area (Å²) in [6, 6.07) is 6.16. The summed E-state index contributed by atoms with van der Waals surface area (Å²) in [5, 5.41) is 3.72. The van der Waals surface area contributed by atoms with Crippen LogP contribution >= 0.6 is 15.9 Å². The second kappa shape index (κ2) is 4.64. The lowest BCUT2D eigenvalue weighted by atomic mass is 10.3. The zero-order chi connectivity index (χ0) is 13.3. The van der Waals surface area contributed by atoms with Crippen LogP contribution in [0, 0.1) is 0 Å². The van der Waals surface area contributed by atoms with Crippen molar-refractivity contribution in [1.82, 2.24) is 9.78 Å². The Kier molecular flexibility index (Phi) is 3.34. The van der Waals surface area contributed by atoms with Crippen LogP contribution in [0.1, 0.15) is 5.69 Å². The molecule has 1 aromatic heterocycles. The molecular weight excluding hydrogens is 313 g/mol. The highest BCUT2D eigenvalue weighted by Gasteiger charge is 2.38. The number of benzene rings is 1. The Hall–Kier alpha value is -1.50. The Bertz CT molecular complexity index is 548. The van der Waals surface area contributed by atoms with Crippen molar-refractivity contribution in [2.75, 3.05) is 7.11 Å². The molecule has 0 aliphatic rings. The van der Waals surface area contributed by atoms with Gasteiger partial charge < -0.3 is 4.74 Å². The van der Waals surface area contributed by atoms with Crippen LogP contribution in [0.15, 0.2) is 34.9 Å². The highest BCUT2D eigenvalue weighted by atomic mass is 79.9. The first-order chi connectivity index (χ1) is 8.43. The van der Waals surface area contributed by atoms with Gasteiger partial charge in [0.05, 0.1) is 23.5 Å². The molecule has 0 saturated carbocycles. The first-order valence-electron chi connectivity index (χ1n) is 4.88. The van der Waals surface area contributed by atoms with Gasteiger partial charge in [-0.3, -0.25) is 0 Å². The van der Waals surface area contributed by atoms with E-state index in [9.17, 15) is 13.2 Å².